The average Bonchev–Trinajstić information content (AvgIpc) is 2.59. The van der Waals surface area contributed by atoms with Crippen LogP contribution < -0.4 is 10.1 Å². The molecule has 1 aromatic carbocycles. The van der Waals surface area contributed by atoms with Crippen molar-refractivity contribution in [2.24, 2.45) is 7.05 Å². The van der Waals surface area contributed by atoms with Crippen LogP contribution in [0.1, 0.15) is 17.0 Å². The quantitative estimate of drug-likeness (QED) is 0.934. The van der Waals surface area contributed by atoms with Crippen molar-refractivity contribution in [3.05, 3.63) is 40.2 Å². The molecule has 0 spiro atoms. The van der Waals surface area contributed by atoms with Gasteiger partial charge in [0.1, 0.15) is 11.4 Å². The van der Waals surface area contributed by atoms with E-state index in [1.807, 2.05) is 46.1 Å². The first-order chi connectivity index (χ1) is 9.02. The van der Waals surface area contributed by atoms with Crippen LogP contribution in [0.15, 0.2) is 18.2 Å². The molecule has 5 heteroatoms. The van der Waals surface area contributed by atoms with Crippen LogP contribution in [-0.2, 0) is 13.6 Å². The van der Waals surface area contributed by atoms with Gasteiger partial charge in [0.25, 0.3) is 0 Å². The van der Waals surface area contributed by atoms with Crippen molar-refractivity contribution in [3.63, 3.8) is 0 Å². The number of nitrogens with zero attached hydrogens (tertiary/aromatic N) is 2. The third kappa shape index (κ3) is 2.91. The molecule has 2 rings (SSSR count). The molecule has 102 valence electrons. The van der Waals surface area contributed by atoms with Crippen molar-refractivity contribution in [2.75, 3.05) is 7.05 Å². The second kappa shape index (κ2) is 5.63. The van der Waals surface area contributed by atoms with Crippen LogP contribution >= 0.6 is 11.6 Å². The molecular weight excluding hydrogens is 262 g/mol. The Morgan fingerprint density at radius 2 is 2.11 bits per heavy atom. The van der Waals surface area contributed by atoms with Crippen LogP contribution in [0.4, 0.5) is 0 Å². The van der Waals surface area contributed by atoms with Crippen LogP contribution in [0, 0.1) is 13.8 Å². The minimum absolute atomic E-state index is 0.607. The number of rotatable bonds is 4. The molecule has 1 heterocycles. The van der Waals surface area contributed by atoms with E-state index in [2.05, 4.69) is 10.4 Å². The summed E-state index contributed by atoms with van der Waals surface area (Å²) in [6.07, 6.45) is 0. The highest BCUT2D eigenvalue weighted by Crippen LogP contribution is 2.33. The van der Waals surface area contributed by atoms with Crippen molar-refractivity contribution in [1.29, 1.82) is 0 Å². The van der Waals surface area contributed by atoms with Gasteiger partial charge in [-0.1, -0.05) is 17.7 Å². The molecule has 4 nitrogen and oxygen atoms in total. The van der Waals surface area contributed by atoms with E-state index in [0.717, 1.165) is 29.2 Å². The summed E-state index contributed by atoms with van der Waals surface area (Å²) < 4.78 is 7.69. The van der Waals surface area contributed by atoms with E-state index >= 15 is 0 Å². The van der Waals surface area contributed by atoms with E-state index in [1.165, 1.54) is 0 Å². The standard InChI is InChI=1S/C14H18ClN3O/c1-9-14(10(2)18(4)17-9)19-13-6-5-11(8-16-3)7-12(13)15/h5-7,16H,8H2,1-4H3. The third-order valence-electron chi connectivity index (χ3n) is 3.03. The minimum Gasteiger partial charge on any atom is -0.452 e. The van der Waals surface area contributed by atoms with E-state index in [4.69, 9.17) is 16.3 Å². The number of ether oxygens (including phenoxy) is 1. The van der Waals surface area contributed by atoms with Gasteiger partial charge in [-0.2, -0.15) is 5.10 Å². The number of aromatic nitrogens is 2. The highest BCUT2D eigenvalue weighted by Gasteiger charge is 2.13. The Morgan fingerprint density at radius 3 is 2.63 bits per heavy atom. The first kappa shape index (κ1) is 13.9. The topological polar surface area (TPSA) is 39.1 Å². The molecule has 0 saturated heterocycles. The number of aryl methyl sites for hydroxylation is 2. The molecule has 0 bridgehead atoms. The molecule has 0 radical (unpaired) electrons. The molecule has 0 unspecified atom stereocenters. The van der Waals surface area contributed by atoms with Crippen molar-refractivity contribution in [1.82, 2.24) is 15.1 Å². The fourth-order valence-corrected chi connectivity index (χ4v) is 2.19. The number of hydrogen-bond acceptors (Lipinski definition) is 3. The number of nitrogens with one attached hydrogen (secondary N) is 1. The van der Waals surface area contributed by atoms with Crippen molar-refractivity contribution < 1.29 is 4.74 Å². The fraction of sp³-hybridized carbons (Fsp3) is 0.357. The van der Waals surface area contributed by atoms with E-state index in [0.29, 0.717) is 10.8 Å². The maximum Gasteiger partial charge on any atom is 0.171 e. The van der Waals surface area contributed by atoms with E-state index in [9.17, 15) is 0 Å². The van der Waals surface area contributed by atoms with Gasteiger partial charge >= 0.3 is 0 Å². The van der Waals surface area contributed by atoms with Crippen molar-refractivity contribution in [2.45, 2.75) is 20.4 Å². The third-order valence-corrected chi connectivity index (χ3v) is 3.33. The number of hydrogen-bond donors (Lipinski definition) is 1. The summed E-state index contributed by atoms with van der Waals surface area (Å²) in [5, 5.41) is 8.02. The maximum absolute atomic E-state index is 6.25. The van der Waals surface area contributed by atoms with Crippen molar-refractivity contribution >= 4 is 11.6 Å². The summed E-state index contributed by atoms with van der Waals surface area (Å²) in [4.78, 5) is 0. The van der Waals surface area contributed by atoms with E-state index < -0.39 is 0 Å². The molecule has 1 aromatic heterocycles. The fourth-order valence-electron chi connectivity index (χ4n) is 1.95. The van der Waals surface area contributed by atoms with Gasteiger partial charge in [-0.25, -0.2) is 0 Å². The Balaban J connectivity index is 2.28. The van der Waals surface area contributed by atoms with Gasteiger partial charge in [0.05, 0.1) is 10.7 Å². The SMILES string of the molecule is CNCc1ccc(Oc2c(C)nn(C)c2C)c(Cl)c1. The second-order valence-corrected chi connectivity index (χ2v) is 4.93. The van der Waals surface area contributed by atoms with Crippen LogP contribution in [0.5, 0.6) is 11.5 Å². The summed E-state index contributed by atoms with van der Waals surface area (Å²) in [5.74, 6) is 1.42. The zero-order valence-electron chi connectivity index (χ0n) is 11.6. The molecule has 0 aliphatic rings. The van der Waals surface area contributed by atoms with E-state index in [-0.39, 0.29) is 0 Å². The van der Waals surface area contributed by atoms with Gasteiger partial charge in [0.15, 0.2) is 5.75 Å². The van der Waals surface area contributed by atoms with E-state index in [1.54, 1.807) is 4.68 Å². The summed E-state index contributed by atoms with van der Waals surface area (Å²) in [7, 11) is 3.80. The molecular formula is C14H18ClN3O. The smallest absolute Gasteiger partial charge is 0.171 e. The lowest BCUT2D eigenvalue weighted by Gasteiger charge is -2.09. The average molecular weight is 280 g/mol. The Hall–Kier alpha value is -1.52. The monoisotopic (exact) mass is 279 g/mol. The predicted octanol–water partition coefficient (Wildman–Crippen LogP) is 3.20. The normalized spacial score (nSPS) is 10.8. The minimum atomic E-state index is 0.607. The lowest BCUT2D eigenvalue weighted by molar-refractivity contribution is 0.474. The molecule has 0 aliphatic carbocycles. The Morgan fingerprint density at radius 1 is 1.37 bits per heavy atom. The summed E-state index contributed by atoms with van der Waals surface area (Å²) in [6.45, 7) is 4.68. The lowest BCUT2D eigenvalue weighted by atomic mass is 10.2. The lowest BCUT2D eigenvalue weighted by Crippen LogP contribution is -2.04. The van der Waals surface area contributed by atoms with Crippen LogP contribution in [0.3, 0.4) is 0 Å². The predicted molar refractivity (Wildman–Crippen MR) is 77.0 cm³/mol. The Bertz CT molecular complexity index is 593. The van der Waals surface area contributed by atoms with Gasteiger partial charge in [0.2, 0.25) is 0 Å². The summed E-state index contributed by atoms with van der Waals surface area (Å²) in [5.41, 5.74) is 2.96. The highest BCUT2D eigenvalue weighted by molar-refractivity contribution is 6.32. The molecule has 0 fully saturated rings. The molecule has 2 aromatic rings. The Labute approximate surface area is 118 Å². The first-order valence-corrected chi connectivity index (χ1v) is 6.51. The molecule has 19 heavy (non-hydrogen) atoms. The van der Waals surface area contributed by atoms with Gasteiger partial charge in [0, 0.05) is 13.6 Å². The number of benzene rings is 1. The Kier molecular flexibility index (Phi) is 4.12. The van der Waals surface area contributed by atoms with Gasteiger partial charge in [-0.15, -0.1) is 0 Å². The van der Waals surface area contributed by atoms with Crippen molar-refractivity contribution in [3.8, 4) is 11.5 Å². The summed E-state index contributed by atoms with van der Waals surface area (Å²) >= 11 is 6.25. The zero-order valence-corrected chi connectivity index (χ0v) is 12.4. The molecule has 0 amide bonds. The second-order valence-electron chi connectivity index (χ2n) is 4.52. The zero-order chi connectivity index (χ0) is 14.0. The van der Waals surface area contributed by atoms with Crippen LogP contribution in [0.2, 0.25) is 5.02 Å². The first-order valence-electron chi connectivity index (χ1n) is 6.14. The van der Waals surface area contributed by atoms with Gasteiger partial charge < -0.3 is 10.1 Å². The molecule has 0 atom stereocenters. The molecule has 0 aliphatic heterocycles. The number of halogens is 1. The maximum atomic E-state index is 6.25. The molecule has 0 saturated carbocycles. The molecule has 1 N–H and O–H groups in total. The van der Waals surface area contributed by atoms with Crippen LogP contribution in [0.25, 0.3) is 0 Å². The van der Waals surface area contributed by atoms with Gasteiger partial charge in [-0.05, 0) is 38.6 Å². The van der Waals surface area contributed by atoms with Crippen LogP contribution in [-0.4, -0.2) is 16.8 Å². The van der Waals surface area contributed by atoms with Gasteiger partial charge in [-0.3, -0.25) is 4.68 Å². The summed E-state index contributed by atoms with van der Waals surface area (Å²) in [6, 6.07) is 5.80. The largest absolute Gasteiger partial charge is 0.452 e. The highest BCUT2D eigenvalue weighted by atomic mass is 35.5.